The van der Waals surface area contributed by atoms with E-state index < -0.39 is 29.8 Å². The largest absolute Gasteiger partial charge is 0.384 e. The number of nitrogens with zero attached hydrogens (tertiary/aromatic N) is 3. The third-order valence-corrected chi connectivity index (χ3v) is 8.27. The number of amides is 7. The second-order valence-electron chi connectivity index (χ2n) is 11.9. The van der Waals surface area contributed by atoms with Gasteiger partial charge in [-0.2, -0.15) is 0 Å². The maximum Gasteiger partial charge on any atom is 0.323 e. The van der Waals surface area contributed by atoms with Gasteiger partial charge in [0.15, 0.2) is 0 Å². The Hall–Kier alpha value is -6.59. The summed E-state index contributed by atoms with van der Waals surface area (Å²) >= 11 is 5.87. The smallest absolute Gasteiger partial charge is 0.323 e. The number of rotatable bonds is 14. The number of hydrogen-bond donors (Lipinski definition) is 5. The van der Waals surface area contributed by atoms with Gasteiger partial charge >= 0.3 is 6.03 Å². The molecule has 14 nitrogen and oxygen atoms in total. The minimum Gasteiger partial charge on any atom is -0.384 e. The zero-order valence-electron chi connectivity index (χ0n) is 28.6. The minimum atomic E-state index is -0.540. The van der Waals surface area contributed by atoms with Crippen molar-refractivity contribution in [3.63, 3.8) is 0 Å². The molecule has 3 heterocycles. The van der Waals surface area contributed by atoms with Gasteiger partial charge in [0.05, 0.1) is 11.1 Å². The molecule has 0 spiro atoms. The molecule has 2 aromatic heterocycles. The van der Waals surface area contributed by atoms with Gasteiger partial charge in [0, 0.05) is 66.1 Å². The van der Waals surface area contributed by atoms with Crippen LogP contribution in [-0.4, -0.2) is 70.1 Å². The first kappa shape index (κ1) is 37.7. The van der Waals surface area contributed by atoms with Crippen LogP contribution in [0, 0.1) is 11.8 Å². The summed E-state index contributed by atoms with van der Waals surface area (Å²) in [5.41, 5.74) is 3.54. The maximum absolute atomic E-state index is 13.3. The molecule has 53 heavy (non-hydrogen) atoms. The van der Waals surface area contributed by atoms with Gasteiger partial charge in [-0.05, 0) is 86.7 Å². The van der Waals surface area contributed by atoms with Crippen molar-refractivity contribution in [2.75, 3.05) is 29.0 Å². The van der Waals surface area contributed by atoms with Gasteiger partial charge in [0.1, 0.15) is 10.8 Å². The van der Waals surface area contributed by atoms with Crippen LogP contribution in [0.25, 0.3) is 0 Å². The van der Waals surface area contributed by atoms with Crippen molar-refractivity contribution in [3.8, 4) is 11.8 Å². The third-order valence-electron chi connectivity index (χ3n) is 8.06. The number of hydrogen-bond acceptors (Lipinski definition) is 9. The summed E-state index contributed by atoms with van der Waals surface area (Å²) in [6, 6.07) is 17.3. The van der Waals surface area contributed by atoms with E-state index in [1.54, 1.807) is 67.6 Å². The Balaban J connectivity index is 1.07. The van der Waals surface area contributed by atoms with Crippen LogP contribution in [0.5, 0.6) is 0 Å². The topological polar surface area (TPSA) is 192 Å². The van der Waals surface area contributed by atoms with Gasteiger partial charge in [-0.1, -0.05) is 29.7 Å². The fraction of sp³-hybridized carbons (Fsp3) is 0.211. The zero-order valence-corrected chi connectivity index (χ0v) is 29.3. The molecule has 0 bridgehead atoms. The summed E-state index contributed by atoms with van der Waals surface area (Å²) in [7, 11) is 0. The molecule has 0 fully saturated rings. The van der Waals surface area contributed by atoms with Crippen LogP contribution in [0.1, 0.15) is 74.9 Å². The number of benzene rings is 2. The van der Waals surface area contributed by atoms with Crippen molar-refractivity contribution >= 4 is 64.7 Å². The van der Waals surface area contributed by atoms with E-state index >= 15 is 0 Å². The van der Waals surface area contributed by atoms with Crippen LogP contribution in [-0.2, 0) is 9.59 Å². The molecule has 5 N–H and O–H groups in total. The minimum absolute atomic E-state index is 0.00490. The Labute approximate surface area is 310 Å². The van der Waals surface area contributed by atoms with Crippen molar-refractivity contribution in [2.45, 2.75) is 38.6 Å². The monoisotopic (exact) mass is 734 g/mol. The number of carbonyl (C=O) groups excluding carboxylic acids is 6. The van der Waals surface area contributed by atoms with Crippen molar-refractivity contribution in [2.24, 2.45) is 0 Å². The lowest BCUT2D eigenvalue weighted by atomic mass is 10.1. The van der Waals surface area contributed by atoms with Crippen LogP contribution in [0.3, 0.4) is 0 Å². The number of pyridine rings is 2. The van der Waals surface area contributed by atoms with E-state index in [2.05, 4.69) is 48.4 Å². The second-order valence-corrected chi connectivity index (χ2v) is 12.3. The van der Waals surface area contributed by atoms with Crippen molar-refractivity contribution in [3.05, 3.63) is 112 Å². The molecule has 0 saturated carbocycles. The van der Waals surface area contributed by atoms with Gasteiger partial charge < -0.3 is 21.3 Å². The van der Waals surface area contributed by atoms with Crippen LogP contribution in [0.4, 0.5) is 21.9 Å². The Kier molecular flexibility index (Phi) is 12.8. The number of unbranched alkanes of at least 4 members (excludes halogenated alkanes) is 1. The number of carbonyl (C=O) groups is 6. The molecule has 15 heteroatoms. The fourth-order valence-corrected chi connectivity index (χ4v) is 5.63. The molecular formula is C38H35ClN8O6. The fourth-order valence-electron chi connectivity index (χ4n) is 5.46. The predicted octanol–water partition coefficient (Wildman–Crippen LogP) is 4.83. The molecule has 5 rings (SSSR count). The molecule has 0 saturated heterocycles. The van der Waals surface area contributed by atoms with E-state index in [1.807, 2.05) is 0 Å². The molecule has 2 aromatic carbocycles. The quantitative estimate of drug-likeness (QED) is 0.0397. The normalized spacial score (nSPS) is 12.2. The summed E-state index contributed by atoms with van der Waals surface area (Å²) < 4.78 is 0. The third kappa shape index (κ3) is 10.2. The number of nitrogens with one attached hydrogen (secondary N) is 5. The summed E-state index contributed by atoms with van der Waals surface area (Å²) in [6.45, 7) is 2.59. The van der Waals surface area contributed by atoms with E-state index in [0.717, 1.165) is 4.90 Å². The first-order chi connectivity index (χ1) is 25.6. The molecule has 1 unspecified atom stereocenters. The number of aromatic nitrogens is 2. The van der Waals surface area contributed by atoms with Gasteiger partial charge in [-0.15, -0.1) is 0 Å². The standard InChI is InChI=1S/C38H35ClN8O6/c1-24(10-13-33(49)44-23-48)47-36(51)30-8-5-9-31(34(30)37(47)52)41-16-2-3-17-43-35(50)26-7-4-6-25(20-26)11-12-27-21-28(14-18-40-27)45-38(53)46-29-15-19-42-32(39)22-29/h4-9,14-15,18-24,41H,2-3,10,13,16-17H2,1H3,(H,43,50)(H,44,48,49)(H2,40,42,45,46,53). The Morgan fingerprint density at radius 3 is 2.40 bits per heavy atom. The molecule has 7 amide bonds. The molecule has 270 valence electrons. The molecular weight excluding hydrogens is 700 g/mol. The number of anilines is 3. The number of fused-ring (bicyclic) bond motifs is 1. The molecule has 0 radical (unpaired) electrons. The van der Waals surface area contributed by atoms with Crippen molar-refractivity contribution < 1.29 is 28.8 Å². The predicted molar refractivity (Wildman–Crippen MR) is 198 cm³/mol. The molecule has 1 aliphatic rings. The molecule has 0 aliphatic carbocycles. The lowest BCUT2D eigenvalue weighted by molar-refractivity contribution is -0.125. The van der Waals surface area contributed by atoms with E-state index in [-0.39, 0.29) is 29.5 Å². The average molecular weight is 735 g/mol. The Morgan fingerprint density at radius 1 is 0.887 bits per heavy atom. The first-order valence-electron chi connectivity index (χ1n) is 16.7. The second kappa shape index (κ2) is 18.1. The van der Waals surface area contributed by atoms with Crippen LogP contribution in [0.15, 0.2) is 79.1 Å². The summed E-state index contributed by atoms with van der Waals surface area (Å²) in [5, 5.41) is 13.8. The van der Waals surface area contributed by atoms with Gasteiger partial charge in [0.25, 0.3) is 17.7 Å². The number of imide groups is 2. The highest BCUT2D eigenvalue weighted by atomic mass is 35.5. The Bertz CT molecular complexity index is 2110. The SMILES string of the molecule is CC(CCC(=O)NC=O)N1C(=O)c2cccc(NCCCCNC(=O)c3cccc(C#Cc4cc(NC(=O)Nc5ccnc(Cl)c5)ccn4)c3)c2C1=O. The maximum atomic E-state index is 13.3. The molecule has 1 atom stereocenters. The highest BCUT2D eigenvalue weighted by Crippen LogP contribution is 2.31. The lowest BCUT2D eigenvalue weighted by Gasteiger charge is -2.22. The number of halogens is 1. The van der Waals surface area contributed by atoms with E-state index in [0.29, 0.717) is 71.8 Å². The van der Waals surface area contributed by atoms with Gasteiger partial charge in [-0.25, -0.2) is 14.8 Å². The van der Waals surface area contributed by atoms with Crippen LogP contribution < -0.4 is 26.6 Å². The van der Waals surface area contributed by atoms with Crippen LogP contribution >= 0.6 is 11.6 Å². The van der Waals surface area contributed by atoms with Crippen molar-refractivity contribution in [1.29, 1.82) is 0 Å². The van der Waals surface area contributed by atoms with Gasteiger partial charge in [0.2, 0.25) is 12.3 Å². The lowest BCUT2D eigenvalue weighted by Crippen LogP contribution is -2.38. The van der Waals surface area contributed by atoms with Crippen molar-refractivity contribution in [1.82, 2.24) is 25.5 Å². The number of urea groups is 1. The van der Waals surface area contributed by atoms with E-state index in [1.165, 1.54) is 18.5 Å². The molecule has 4 aromatic rings. The van der Waals surface area contributed by atoms with Crippen LogP contribution in [0.2, 0.25) is 5.15 Å². The Morgan fingerprint density at radius 2 is 1.62 bits per heavy atom. The highest BCUT2D eigenvalue weighted by molar-refractivity contribution is 6.29. The highest BCUT2D eigenvalue weighted by Gasteiger charge is 2.40. The summed E-state index contributed by atoms with van der Waals surface area (Å²) in [4.78, 5) is 83.0. The van der Waals surface area contributed by atoms with E-state index in [4.69, 9.17) is 11.6 Å². The zero-order chi connectivity index (χ0) is 37.7. The molecule has 1 aliphatic heterocycles. The average Bonchev–Trinajstić information content (AvgIpc) is 3.40. The van der Waals surface area contributed by atoms with Gasteiger partial charge in [-0.3, -0.25) is 34.2 Å². The first-order valence-corrected chi connectivity index (χ1v) is 17.0. The summed E-state index contributed by atoms with van der Waals surface area (Å²) in [5.74, 6) is 4.36. The summed E-state index contributed by atoms with van der Waals surface area (Å²) in [6.07, 6.45) is 4.84. The van der Waals surface area contributed by atoms with E-state index in [9.17, 15) is 28.8 Å².